The molecule has 6 aromatic rings. The molecule has 6 nitrogen and oxygen atoms in total. The third-order valence-electron chi connectivity index (χ3n) is 5.25. The van der Waals surface area contributed by atoms with Crippen LogP contribution in [0, 0.1) is 0 Å². The third kappa shape index (κ3) is 2.39. The van der Waals surface area contributed by atoms with Crippen LogP contribution in [0.15, 0.2) is 83.9 Å². The van der Waals surface area contributed by atoms with E-state index in [-0.39, 0.29) is 5.69 Å². The van der Waals surface area contributed by atoms with Crippen LogP contribution < -0.4 is 5.69 Å². The van der Waals surface area contributed by atoms with E-state index in [0.29, 0.717) is 5.95 Å². The summed E-state index contributed by atoms with van der Waals surface area (Å²) in [6.07, 6.45) is 3.72. The fraction of sp³-hybridized carbons (Fsp3) is 0. The van der Waals surface area contributed by atoms with Crippen LogP contribution in [0.1, 0.15) is 0 Å². The van der Waals surface area contributed by atoms with Gasteiger partial charge in [0.2, 0.25) is 5.95 Å². The zero-order valence-electron chi connectivity index (χ0n) is 15.3. The molecule has 0 aliphatic heterocycles. The molecule has 0 spiro atoms. The van der Waals surface area contributed by atoms with Gasteiger partial charge in [-0.15, -0.1) is 0 Å². The Hall–Kier alpha value is -4.19. The minimum atomic E-state index is -0.229. The normalized spacial score (nSPS) is 11.6. The molecule has 0 fully saturated rings. The summed E-state index contributed by atoms with van der Waals surface area (Å²) in [5.74, 6) is 0.496. The second kappa shape index (κ2) is 5.90. The fourth-order valence-electron chi connectivity index (χ4n) is 3.87. The molecule has 6 rings (SSSR count). The number of H-pyrrole nitrogens is 2. The molecule has 29 heavy (non-hydrogen) atoms. The predicted octanol–water partition coefficient (Wildman–Crippen LogP) is 4.41. The Morgan fingerprint density at radius 2 is 1.69 bits per heavy atom. The van der Waals surface area contributed by atoms with E-state index in [1.165, 1.54) is 0 Å². The van der Waals surface area contributed by atoms with Gasteiger partial charge in [0.05, 0.1) is 22.1 Å². The van der Waals surface area contributed by atoms with Gasteiger partial charge in [-0.1, -0.05) is 42.5 Å². The number of aromatic nitrogens is 5. The Morgan fingerprint density at radius 3 is 2.62 bits per heavy atom. The molecule has 0 atom stereocenters. The summed E-state index contributed by atoms with van der Waals surface area (Å²) < 4.78 is 1.58. The van der Waals surface area contributed by atoms with Crippen LogP contribution in [-0.2, 0) is 0 Å². The number of para-hydroxylation sites is 2. The first kappa shape index (κ1) is 15.8. The van der Waals surface area contributed by atoms with Crippen molar-refractivity contribution in [3.05, 3.63) is 89.6 Å². The summed E-state index contributed by atoms with van der Waals surface area (Å²) in [5.41, 5.74) is 5.01. The van der Waals surface area contributed by atoms with Gasteiger partial charge in [-0.25, -0.2) is 14.3 Å². The lowest BCUT2D eigenvalue weighted by molar-refractivity contribution is 0.944. The van der Waals surface area contributed by atoms with Crippen molar-refractivity contribution in [3.8, 4) is 17.1 Å². The molecule has 3 aromatic carbocycles. The number of hydrogen-bond acceptors (Lipinski definition) is 3. The molecule has 6 heteroatoms. The van der Waals surface area contributed by atoms with Crippen molar-refractivity contribution in [1.29, 1.82) is 0 Å². The molecule has 3 aromatic heterocycles. The van der Waals surface area contributed by atoms with E-state index in [9.17, 15) is 4.79 Å². The average molecular weight is 377 g/mol. The Labute approximate surface area is 164 Å². The number of aromatic amines is 2. The summed E-state index contributed by atoms with van der Waals surface area (Å²) in [7, 11) is 0. The van der Waals surface area contributed by atoms with Crippen LogP contribution in [-0.4, -0.2) is 24.5 Å². The highest BCUT2D eigenvalue weighted by atomic mass is 16.1. The van der Waals surface area contributed by atoms with E-state index in [2.05, 4.69) is 26.0 Å². The molecule has 0 aliphatic rings. The highest BCUT2D eigenvalue weighted by Crippen LogP contribution is 2.30. The maximum atomic E-state index is 12.7. The van der Waals surface area contributed by atoms with E-state index in [0.717, 1.165) is 44.0 Å². The van der Waals surface area contributed by atoms with E-state index < -0.39 is 0 Å². The average Bonchev–Trinajstić information content (AvgIpc) is 3.32. The number of nitrogens with one attached hydrogen (secondary N) is 2. The molecule has 0 radical (unpaired) electrons. The topological polar surface area (TPSA) is 79.4 Å². The van der Waals surface area contributed by atoms with Gasteiger partial charge in [-0.2, -0.15) is 0 Å². The highest BCUT2D eigenvalue weighted by Gasteiger charge is 2.14. The van der Waals surface area contributed by atoms with Gasteiger partial charge in [0.1, 0.15) is 0 Å². The van der Waals surface area contributed by atoms with Crippen LogP contribution in [0.25, 0.3) is 49.9 Å². The molecule has 2 N–H and O–H groups in total. The number of imidazole rings is 2. The van der Waals surface area contributed by atoms with Gasteiger partial charge >= 0.3 is 5.69 Å². The van der Waals surface area contributed by atoms with Crippen LogP contribution in [0.2, 0.25) is 0 Å². The maximum Gasteiger partial charge on any atom is 0.333 e. The Bertz CT molecular complexity index is 1550. The highest BCUT2D eigenvalue weighted by molar-refractivity contribution is 5.97. The third-order valence-corrected chi connectivity index (χ3v) is 5.25. The minimum Gasteiger partial charge on any atom is -0.323 e. The van der Waals surface area contributed by atoms with E-state index in [4.69, 9.17) is 0 Å². The molecule has 0 aliphatic carbocycles. The first-order valence-corrected chi connectivity index (χ1v) is 9.31. The van der Waals surface area contributed by atoms with Crippen molar-refractivity contribution < 1.29 is 0 Å². The first-order valence-electron chi connectivity index (χ1n) is 9.31. The molecule has 0 bridgehead atoms. The van der Waals surface area contributed by atoms with E-state index in [1.54, 1.807) is 4.57 Å². The summed E-state index contributed by atoms with van der Waals surface area (Å²) >= 11 is 0. The Morgan fingerprint density at radius 1 is 0.828 bits per heavy atom. The number of nitrogens with zero attached hydrogens (tertiary/aromatic N) is 3. The fourth-order valence-corrected chi connectivity index (χ4v) is 3.87. The largest absolute Gasteiger partial charge is 0.333 e. The quantitative estimate of drug-likeness (QED) is 0.469. The predicted molar refractivity (Wildman–Crippen MR) is 114 cm³/mol. The zero-order chi connectivity index (χ0) is 19.4. The summed E-state index contributed by atoms with van der Waals surface area (Å²) in [6, 6.07) is 21.8. The Balaban J connectivity index is 1.62. The standard InChI is InChI=1S/C23H15N5O/c29-23-27-20-10-9-14(17-13-24-12-15-5-1-2-6-16(15)17)11-21(20)28(23)22-25-18-7-3-4-8-19(18)26-22/h1-13H,(H,25,26)(H,27,29). The van der Waals surface area contributed by atoms with Crippen LogP contribution >= 0.6 is 0 Å². The zero-order valence-corrected chi connectivity index (χ0v) is 15.3. The van der Waals surface area contributed by atoms with Crippen molar-refractivity contribution in [3.63, 3.8) is 0 Å². The van der Waals surface area contributed by atoms with E-state index >= 15 is 0 Å². The van der Waals surface area contributed by atoms with Gasteiger partial charge in [0, 0.05) is 23.3 Å². The van der Waals surface area contributed by atoms with Crippen molar-refractivity contribution in [2.24, 2.45) is 0 Å². The Kier molecular flexibility index (Phi) is 3.22. The molecule has 0 saturated heterocycles. The van der Waals surface area contributed by atoms with Crippen molar-refractivity contribution in [2.75, 3.05) is 0 Å². The second-order valence-electron chi connectivity index (χ2n) is 6.98. The molecular formula is C23H15N5O. The number of pyridine rings is 1. The molecule has 0 amide bonds. The van der Waals surface area contributed by atoms with Crippen LogP contribution in [0.4, 0.5) is 0 Å². The minimum absolute atomic E-state index is 0.229. The lowest BCUT2D eigenvalue weighted by Gasteiger charge is -2.07. The molecule has 0 saturated carbocycles. The number of benzene rings is 3. The smallest absolute Gasteiger partial charge is 0.323 e. The lowest BCUT2D eigenvalue weighted by atomic mass is 10.0. The SMILES string of the molecule is O=c1[nH]c2ccc(-c3cncc4ccccc34)cc2n1-c1nc2ccccc2[nH]1. The van der Waals surface area contributed by atoms with Crippen LogP contribution in [0.5, 0.6) is 0 Å². The molecule has 3 heterocycles. The summed E-state index contributed by atoms with van der Waals surface area (Å²) in [6.45, 7) is 0. The van der Waals surface area contributed by atoms with Gasteiger partial charge in [-0.3, -0.25) is 4.98 Å². The summed E-state index contributed by atoms with van der Waals surface area (Å²) in [5, 5.41) is 2.20. The maximum absolute atomic E-state index is 12.7. The van der Waals surface area contributed by atoms with Gasteiger partial charge in [0.15, 0.2) is 0 Å². The molecule has 138 valence electrons. The summed E-state index contributed by atoms with van der Waals surface area (Å²) in [4.78, 5) is 27.9. The number of hydrogen-bond donors (Lipinski definition) is 2. The van der Waals surface area contributed by atoms with Crippen molar-refractivity contribution in [1.82, 2.24) is 24.5 Å². The van der Waals surface area contributed by atoms with Gasteiger partial charge < -0.3 is 9.97 Å². The van der Waals surface area contributed by atoms with Crippen molar-refractivity contribution >= 4 is 32.8 Å². The van der Waals surface area contributed by atoms with Crippen LogP contribution in [0.3, 0.4) is 0 Å². The lowest BCUT2D eigenvalue weighted by Crippen LogP contribution is -2.15. The van der Waals surface area contributed by atoms with Crippen molar-refractivity contribution in [2.45, 2.75) is 0 Å². The second-order valence-corrected chi connectivity index (χ2v) is 6.98. The number of rotatable bonds is 2. The monoisotopic (exact) mass is 377 g/mol. The van der Waals surface area contributed by atoms with E-state index in [1.807, 2.05) is 73.1 Å². The molecule has 0 unspecified atom stereocenters. The van der Waals surface area contributed by atoms with Gasteiger partial charge in [-0.05, 0) is 35.2 Å². The van der Waals surface area contributed by atoms with Gasteiger partial charge in [0.25, 0.3) is 0 Å². The molecular weight excluding hydrogens is 362 g/mol. The number of fused-ring (bicyclic) bond motifs is 3. The first-order chi connectivity index (χ1) is 14.3.